The van der Waals surface area contributed by atoms with Gasteiger partial charge < -0.3 is 5.32 Å². The van der Waals surface area contributed by atoms with E-state index in [-0.39, 0.29) is 22.5 Å². The molecule has 10 heteroatoms. The van der Waals surface area contributed by atoms with E-state index >= 15 is 0 Å². The first-order chi connectivity index (χ1) is 13.3. The van der Waals surface area contributed by atoms with E-state index in [1.165, 1.54) is 6.92 Å². The highest BCUT2D eigenvalue weighted by Crippen LogP contribution is 2.36. The Morgan fingerprint density at radius 3 is 2.79 bits per heavy atom. The number of anilines is 1. The number of amides is 1. The largest absolute Gasteiger partial charge is 0.417 e. The predicted molar refractivity (Wildman–Crippen MR) is 97.8 cm³/mol. The highest BCUT2D eigenvalue weighted by molar-refractivity contribution is 8.00. The molecule has 2 aromatic rings. The molecule has 0 atom stereocenters. The lowest BCUT2D eigenvalue weighted by molar-refractivity contribution is -0.138. The summed E-state index contributed by atoms with van der Waals surface area (Å²) in [6, 6.07) is 4.34. The summed E-state index contributed by atoms with van der Waals surface area (Å²) in [7, 11) is 0. The van der Waals surface area contributed by atoms with Gasteiger partial charge in [0.2, 0.25) is 5.91 Å². The minimum atomic E-state index is -4.66. The number of alkyl halides is 3. The van der Waals surface area contributed by atoms with Crippen molar-refractivity contribution in [2.45, 2.75) is 49.9 Å². The van der Waals surface area contributed by atoms with Gasteiger partial charge in [-0.3, -0.25) is 4.79 Å². The molecular formula is C18H18F3N5OS. The number of aryl methyl sites for hydroxylation is 1. The van der Waals surface area contributed by atoms with Gasteiger partial charge in [0.1, 0.15) is 16.9 Å². The van der Waals surface area contributed by atoms with Gasteiger partial charge in [0.05, 0.1) is 29.1 Å². The molecule has 1 aliphatic rings. The van der Waals surface area contributed by atoms with E-state index in [9.17, 15) is 18.0 Å². The molecule has 3 rings (SSSR count). The van der Waals surface area contributed by atoms with E-state index in [0.717, 1.165) is 43.5 Å². The summed E-state index contributed by atoms with van der Waals surface area (Å²) >= 11 is 0.809. The van der Waals surface area contributed by atoms with E-state index in [4.69, 9.17) is 5.26 Å². The fourth-order valence-electron chi connectivity index (χ4n) is 3.25. The molecule has 6 nitrogen and oxygen atoms in total. The zero-order valence-corrected chi connectivity index (χ0v) is 15.9. The molecule has 0 unspecified atom stereocenters. The highest BCUT2D eigenvalue weighted by Gasteiger charge is 2.35. The number of nitrogens with one attached hydrogen (secondary N) is 1. The second-order valence-corrected chi connectivity index (χ2v) is 7.50. The van der Waals surface area contributed by atoms with Gasteiger partial charge >= 0.3 is 6.18 Å². The van der Waals surface area contributed by atoms with Crippen LogP contribution in [0.5, 0.6) is 0 Å². The monoisotopic (exact) mass is 409 g/mol. The number of aromatic nitrogens is 3. The maximum absolute atomic E-state index is 13.2. The highest BCUT2D eigenvalue weighted by atomic mass is 32.2. The fraction of sp³-hybridized carbons (Fsp3) is 0.444. The Morgan fingerprint density at radius 1 is 1.43 bits per heavy atom. The molecule has 1 N–H and O–H groups in total. The van der Waals surface area contributed by atoms with E-state index in [0.29, 0.717) is 5.82 Å². The van der Waals surface area contributed by atoms with Crippen molar-refractivity contribution < 1.29 is 18.0 Å². The molecule has 0 radical (unpaired) electrons. The molecule has 0 spiro atoms. The Labute approximate surface area is 164 Å². The molecule has 2 heterocycles. The van der Waals surface area contributed by atoms with Crippen molar-refractivity contribution in [3.05, 3.63) is 35.2 Å². The fourth-order valence-corrected chi connectivity index (χ4v) is 4.10. The summed E-state index contributed by atoms with van der Waals surface area (Å²) in [5, 5.41) is 16.1. The summed E-state index contributed by atoms with van der Waals surface area (Å²) < 4.78 is 41.3. The number of nitrogens with zero attached hydrogens (tertiary/aromatic N) is 4. The van der Waals surface area contributed by atoms with Gasteiger partial charge in [-0.1, -0.05) is 24.6 Å². The first-order valence-corrected chi connectivity index (χ1v) is 9.73. The second-order valence-electron chi connectivity index (χ2n) is 6.54. The maximum atomic E-state index is 13.2. The lowest BCUT2D eigenvalue weighted by Gasteiger charge is -2.15. The summed E-state index contributed by atoms with van der Waals surface area (Å²) in [6.07, 6.45) is 1.17. The van der Waals surface area contributed by atoms with E-state index < -0.39 is 23.2 Å². The number of nitriles is 1. The van der Waals surface area contributed by atoms with Crippen LogP contribution in [0.1, 0.15) is 48.5 Å². The van der Waals surface area contributed by atoms with Gasteiger partial charge in [0.15, 0.2) is 0 Å². The number of thioether (sulfide) groups is 1. The number of halogens is 3. The molecule has 0 saturated heterocycles. The molecular weight excluding hydrogens is 391 g/mol. The van der Waals surface area contributed by atoms with Crippen LogP contribution < -0.4 is 5.32 Å². The van der Waals surface area contributed by atoms with Crippen LogP contribution in [0.25, 0.3) is 0 Å². The normalized spacial score (nSPS) is 14.8. The van der Waals surface area contributed by atoms with E-state index in [2.05, 4.69) is 15.4 Å². The Kier molecular flexibility index (Phi) is 5.93. The van der Waals surface area contributed by atoms with Crippen molar-refractivity contribution in [1.82, 2.24) is 14.8 Å². The van der Waals surface area contributed by atoms with Crippen molar-refractivity contribution in [2.24, 2.45) is 0 Å². The predicted octanol–water partition coefficient (Wildman–Crippen LogP) is 4.32. The van der Waals surface area contributed by atoms with Crippen molar-refractivity contribution in [3.63, 3.8) is 0 Å². The smallest absolute Gasteiger partial charge is 0.310 e. The van der Waals surface area contributed by atoms with Crippen LogP contribution in [0, 0.1) is 18.3 Å². The van der Waals surface area contributed by atoms with Gasteiger partial charge in [-0.05, 0) is 25.8 Å². The standard InChI is InChI=1S/C18H18F3N5OS/c1-11-8-14(18(19,20)21)13(9-22)17(24-11)28-10-16(27)25-15-6-7-23-26(15)12-4-2-3-5-12/h6-8,12H,2-5,10H2,1H3,(H,25,27). The van der Waals surface area contributed by atoms with Crippen LogP contribution in [0.15, 0.2) is 23.4 Å². The number of pyridine rings is 1. The van der Waals surface area contributed by atoms with E-state index in [1.54, 1.807) is 23.0 Å². The van der Waals surface area contributed by atoms with Crippen molar-refractivity contribution in [3.8, 4) is 6.07 Å². The maximum Gasteiger partial charge on any atom is 0.417 e. The molecule has 1 amide bonds. The molecule has 1 saturated carbocycles. The molecule has 28 heavy (non-hydrogen) atoms. The first kappa shape index (κ1) is 20.2. The number of carbonyl (C=O) groups is 1. The minimum absolute atomic E-state index is 0.103. The zero-order valence-electron chi connectivity index (χ0n) is 15.1. The number of hydrogen-bond donors (Lipinski definition) is 1. The molecule has 2 aromatic heterocycles. The van der Waals surface area contributed by atoms with Crippen LogP contribution in [-0.2, 0) is 11.0 Å². The van der Waals surface area contributed by atoms with E-state index in [1.807, 2.05) is 0 Å². The first-order valence-electron chi connectivity index (χ1n) is 8.74. The van der Waals surface area contributed by atoms with Crippen LogP contribution in [0.2, 0.25) is 0 Å². The minimum Gasteiger partial charge on any atom is -0.310 e. The summed E-state index contributed by atoms with van der Waals surface area (Å²) in [5.41, 5.74) is -1.47. The Morgan fingerprint density at radius 2 is 2.14 bits per heavy atom. The molecule has 148 valence electrons. The van der Waals surface area contributed by atoms with Gasteiger partial charge in [-0.2, -0.15) is 23.5 Å². The third-order valence-electron chi connectivity index (χ3n) is 4.48. The summed E-state index contributed by atoms with van der Waals surface area (Å²) in [5.74, 6) is -0.00477. The number of hydrogen-bond acceptors (Lipinski definition) is 5. The van der Waals surface area contributed by atoms with Crippen molar-refractivity contribution >= 4 is 23.5 Å². The third-order valence-corrected chi connectivity index (χ3v) is 5.46. The molecule has 0 bridgehead atoms. The average Bonchev–Trinajstić information content (AvgIpc) is 3.30. The number of rotatable bonds is 5. The van der Waals surface area contributed by atoms with Gasteiger partial charge in [0, 0.05) is 11.8 Å². The van der Waals surface area contributed by atoms with Gasteiger partial charge in [-0.25, -0.2) is 9.67 Å². The van der Waals surface area contributed by atoms with Crippen LogP contribution in [0.4, 0.5) is 19.0 Å². The lowest BCUT2D eigenvalue weighted by atomic mass is 10.1. The summed E-state index contributed by atoms with van der Waals surface area (Å²) in [4.78, 5) is 16.3. The topological polar surface area (TPSA) is 83.6 Å². The molecule has 0 aliphatic heterocycles. The Hall–Kier alpha value is -2.54. The Bertz CT molecular complexity index is 913. The van der Waals surface area contributed by atoms with Crippen LogP contribution in [-0.4, -0.2) is 26.4 Å². The van der Waals surface area contributed by atoms with Gasteiger partial charge in [0.25, 0.3) is 0 Å². The molecule has 1 aliphatic carbocycles. The lowest BCUT2D eigenvalue weighted by Crippen LogP contribution is -2.19. The van der Waals surface area contributed by atoms with Crippen molar-refractivity contribution in [2.75, 3.05) is 11.1 Å². The molecule has 0 aromatic carbocycles. The third kappa shape index (κ3) is 4.47. The SMILES string of the molecule is Cc1cc(C(F)(F)F)c(C#N)c(SCC(=O)Nc2ccnn2C2CCCC2)n1. The average molecular weight is 409 g/mol. The molecule has 1 fully saturated rings. The van der Waals surface area contributed by atoms with Crippen LogP contribution >= 0.6 is 11.8 Å². The van der Waals surface area contributed by atoms with Gasteiger partial charge in [-0.15, -0.1) is 0 Å². The quantitative estimate of drug-likeness (QED) is 0.744. The number of carbonyl (C=O) groups excluding carboxylic acids is 1. The zero-order chi connectivity index (χ0) is 20.3. The second kappa shape index (κ2) is 8.22. The Balaban J connectivity index is 1.71. The van der Waals surface area contributed by atoms with Crippen molar-refractivity contribution in [1.29, 1.82) is 5.26 Å². The summed E-state index contributed by atoms with van der Waals surface area (Å²) in [6.45, 7) is 1.42. The van der Waals surface area contributed by atoms with Crippen LogP contribution in [0.3, 0.4) is 0 Å².